The summed E-state index contributed by atoms with van der Waals surface area (Å²) in [5.74, 6) is -3.85. The van der Waals surface area contributed by atoms with Crippen molar-refractivity contribution >= 4 is 33.9 Å². The quantitative estimate of drug-likeness (QED) is 0.526. The first kappa shape index (κ1) is 28.0. The van der Waals surface area contributed by atoms with Crippen molar-refractivity contribution in [3.05, 3.63) is 23.6 Å². The van der Waals surface area contributed by atoms with Crippen molar-refractivity contribution in [3.8, 4) is 0 Å². The number of carbonyl (C=O) groups is 4. The molecule has 7 nitrogen and oxygen atoms in total. The van der Waals surface area contributed by atoms with E-state index in [2.05, 4.69) is 0 Å². The zero-order valence-electron chi connectivity index (χ0n) is 22.1. The third-order valence-corrected chi connectivity index (χ3v) is 10.6. The number of rotatable bonds is 3. The summed E-state index contributed by atoms with van der Waals surface area (Å²) < 4.78 is 38.9. The summed E-state index contributed by atoms with van der Waals surface area (Å²) in [7, 11) is 2.99. The van der Waals surface area contributed by atoms with Crippen LogP contribution in [0.2, 0.25) is 0 Å². The number of hydrogen-bond acceptors (Lipinski definition) is 7. The third-order valence-electron chi connectivity index (χ3n) is 9.61. The first-order valence-electron chi connectivity index (χ1n) is 12.7. The van der Waals surface area contributed by atoms with E-state index in [1.54, 1.807) is 20.8 Å². The van der Waals surface area contributed by atoms with Gasteiger partial charge in [-0.2, -0.15) is 0 Å². The van der Waals surface area contributed by atoms with Crippen molar-refractivity contribution in [2.45, 2.75) is 77.2 Å². The zero-order chi connectivity index (χ0) is 27.7. The second-order valence-electron chi connectivity index (χ2n) is 11.6. The van der Waals surface area contributed by atoms with Crippen molar-refractivity contribution in [1.82, 2.24) is 4.90 Å². The zero-order valence-corrected chi connectivity index (χ0v) is 22.9. The van der Waals surface area contributed by atoms with Crippen LogP contribution in [0.4, 0.5) is 13.6 Å². The Bertz CT molecular complexity index is 1120. The molecule has 4 aliphatic rings. The van der Waals surface area contributed by atoms with E-state index in [0.717, 1.165) is 0 Å². The van der Waals surface area contributed by atoms with Gasteiger partial charge in [0.15, 0.2) is 17.1 Å². The van der Waals surface area contributed by atoms with E-state index >= 15 is 8.78 Å². The SMILES string of the molecule is CCC(=O)O[C@]1(C(=O)SC(=O)N(C)C)[C@@H](C)CC2C3CC(F)=C4CC(=O)C=C[C@]4(C)[C@@]3(F)[C@@H](O)C[C@@]21C. The highest BCUT2D eigenvalue weighted by molar-refractivity contribution is 8.26. The molecule has 0 aromatic heterocycles. The maximum atomic E-state index is 17.4. The van der Waals surface area contributed by atoms with Gasteiger partial charge in [-0.1, -0.05) is 26.8 Å². The molecule has 0 saturated heterocycles. The van der Waals surface area contributed by atoms with Gasteiger partial charge in [0, 0.05) is 67.8 Å². The molecule has 2 fully saturated rings. The Kier molecular flexibility index (Phi) is 6.80. The van der Waals surface area contributed by atoms with Crippen molar-refractivity contribution in [1.29, 1.82) is 0 Å². The Morgan fingerprint density at radius 1 is 1.24 bits per heavy atom. The van der Waals surface area contributed by atoms with Gasteiger partial charge in [0.25, 0.3) is 5.24 Å². The summed E-state index contributed by atoms with van der Waals surface area (Å²) in [6.07, 6.45) is 0.373. The van der Waals surface area contributed by atoms with Crippen molar-refractivity contribution in [3.63, 3.8) is 0 Å². The maximum absolute atomic E-state index is 17.4. The number of thioether (sulfide) groups is 1. The smallest absolute Gasteiger partial charge is 0.306 e. The molecule has 1 N–H and O–H groups in total. The van der Waals surface area contributed by atoms with E-state index in [9.17, 15) is 24.3 Å². The molecule has 4 aliphatic carbocycles. The number of hydrogen-bond donors (Lipinski definition) is 1. The molecular formula is C27H35F2NO6S. The summed E-state index contributed by atoms with van der Waals surface area (Å²) >= 11 is 0.426. The summed E-state index contributed by atoms with van der Waals surface area (Å²) in [6, 6.07) is 0. The monoisotopic (exact) mass is 539 g/mol. The first-order chi connectivity index (χ1) is 17.1. The van der Waals surface area contributed by atoms with E-state index < -0.39 is 68.1 Å². The van der Waals surface area contributed by atoms with Crippen LogP contribution in [-0.2, 0) is 19.1 Å². The van der Waals surface area contributed by atoms with Crippen LogP contribution in [0.25, 0.3) is 0 Å². The van der Waals surface area contributed by atoms with Gasteiger partial charge in [0.2, 0.25) is 5.12 Å². The number of esters is 1. The number of nitrogens with zero attached hydrogens (tertiary/aromatic N) is 1. The summed E-state index contributed by atoms with van der Waals surface area (Å²) in [6.45, 7) is 6.51. The largest absolute Gasteiger partial charge is 0.449 e. The molecule has 0 aromatic carbocycles. The molecule has 1 amide bonds. The molecule has 0 radical (unpaired) electrons. The molecule has 0 aromatic rings. The van der Waals surface area contributed by atoms with E-state index in [1.165, 1.54) is 38.1 Å². The van der Waals surface area contributed by atoms with E-state index in [0.29, 0.717) is 11.8 Å². The average Bonchev–Trinajstić information content (AvgIpc) is 3.04. The maximum Gasteiger partial charge on any atom is 0.306 e. The van der Waals surface area contributed by atoms with Gasteiger partial charge in [0.05, 0.1) is 6.10 Å². The molecule has 0 bridgehead atoms. The molecule has 0 aliphatic heterocycles. The summed E-state index contributed by atoms with van der Waals surface area (Å²) in [5, 5.41) is 10.3. The molecule has 10 heteroatoms. The number of alkyl halides is 1. The molecule has 0 spiro atoms. The predicted octanol–water partition coefficient (Wildman–Crippen LogP) is 4.53. The summed E-state index contributed by atoms with van der Waals surface area (Å²) in [4.78, 5) is 52.4. The van der Waals surface area contributed by atoms with Crippen LogP contribution in [0.5, 0.6) is 0 Å². The lowest BCUT2D eigenvalue weighted by atomic mass is 9.45. The number of halogens is 2. The lowest BCUT2D eigenvalue weighted by molar-refractivity contribution is -0.223. The Morgan fingerprint density at radius 3 is 2.49 bits per heavy atom. The molecular weight excluding hydrogens is 504 g/mol. The number of amides is 1. The molecule has 2 unspecified atom stereocenters. The topological polar surface area (TPSA) is 101 Å². The van der Waals surface area contributed by atoms with Crippen LogP contribution in [0, 0.1) is 28.6 Å². The van der Waals surface area contributed by atoms with Gasteiger partial charge in [0.1, 0.15) is 5.83 Å². The van der Waals surface area contributed by atoms with Gasteiger partial charge >= 0.3 is 5.97 Å². The highest BCUT2D eigenvalue weighted by atomic mass is 32.2. The second-order valence-corrected chi connectivity index (χ2v) is 12.6. The molecule has 8 atom stereocenters. The molecule has 37 heavy (non-hydrogen) atoms. The minimum absolute atomic E-state index is 0.0224. The number of aliphatic hydroxyl groups excluding tert-OH is 1. The number of aliphatic hydroxyl groups is 1. The van der Waals surface area contributed by atoms with Gasteiger partial charge < -0.3 is 14.7 Å². The highest BCUT2D eigenvalue weighted by Gasteiger charge is 2.77. The van der Waals surface area contributed by atoms with Crippen molar-refractivity contribution in [2.24, 2.45) is 28.6 Å². The van der Waals surface area contributed by atoms with Crippen LogP contribution in [0.3, 0.4) is 0 Å². The third kappa shape index (κ3) is 3.61. The van der Waals surface area contributed by atoms with E-state index in [4.69, 9.17) is 4.74 Å². The number of ether oxygens (including phenoxy) is 1. The molecule has 4 rings (SSSR count). The minimum Gasteiger partial charge on any atom is -0.449 e. The van der Waals surface area contributed by atoms with Gasteiger partial charge in [-0.25, -0.2) is 8.78 Å². The van der Waals surface area contributed by atoms with E-state index in [-0.39, 0.29) is 43.5 Å². The molecule has 0 heterocycles. The lowest BCUT2D eigenvalue weighted by Gasteiger charge is -2.62. The van der Waals surface area contributed by atoms with Crippen LogP contribution < -0.4 is 0 Å². The number of allylic oxidation sites excluding steroid dienone is 4. The second kappa shape index (κ2) is 9.00. The first-order valence-corrected chi connectivity index (χ1v) is 13.5. The summed E-state index contributed by atoms with van der Waals surface area (Å²) in [5.41, 5.74) is -6.87. The molecule has 204 valence electrons. The fourth-order valence-electron chi connectivity index (χ4n) is 7.69. The normalized spacial score (nSPS) is 42.6. The predicted molar refractivity (Wildman–Crippen MR) is 134 cm³/mol. The highest BCUT2D eigenvalue weighted by Crippen LogP contribution is 2.72. The van der Waals surface area contributed by atoms with Crippen molar-refractivity contribution in [2.75, 3.05) is 14.1 Å². The number of ketones is 1. The fraction of sp³-hybridized carbons (Fsp3) is 0.704. The van der Waals surface area contributed by atoms with E-state index in [1.807, 2.05) is 0 Å². The molecule has 2 saturated carbocycles. The standard InChI is InChI=1S/C27H35F2NO6S/c1-7-21(33)36-27(22(34)37-23(35)30(5)6)14(2)10-16-17-12-19(28)18-11-15(31)8-9-24(18,3)26(17,29)20(32)13-25(16,27)4/h8-9,14,16-17,20,32H,7,10-13H2,1-6H3/t14-,16?,17?,20-,24-,25-,26-,27-/m0/s1. The average molecular weight is 540 g/mol. The van der Waals surface area contributed by atoms with Gasteiger partial charge in [-0.15, -0.1) is 0 Å². The number of carbonyl (C=O) groups excluding carboxylic acids is 4. The minimum atomic E-state index is -2.31. The lowest BCUT2D eigenvalue weighted by Crippen LogP contribution is -2.69. The van der Waals surface area contributed by atoms with Crippen LogP contribution in [0.1, 0.15) is 59.8 Å². The van der Waals surface area contributed by atoms with Gasteiger partial charge in [-0.05, 0) is 37.3 Å². The van der Waals surface area contributed by atoms with Crippen LogP contribution in [0.15, 0.2) is 23.6 Å². The van der Waals surface area contributed by atoms with Crippen molar-refractivity contribution < 1.29 is 37.8 Å². The van der Waals surface area contributed by atoms with Crippen LogP contribution in [-0.4, -0.2) is 63.6 Å². The Morgan fingerprint density at radius 2 is 1.89 bits per heavy atom. The Hall–Kier alpha value is -2.07. The van der Waals surface area contributed by atoms with Crippen LogP contribution >= 0.6 is 11.8 Å². The number of fused-ring (bicyclic) bond motifs is 5. The Balaban J connectivity index is 1.87. The van der Waals surface area contributed by atoms with Gasteiger partial charge in [-0.3, -0.25) is 19.2 Å². The fourth-order valence-corrected chi connectivity index (χ4v) is 8.66. The Labute approximate surface area is 220 Å².